The molecule has 0 aliphatic carbocycles. The minimum atomic E-state index is -0.401. The van der Waals surface area contributed by atoms with E-state index in [1.807, 2.05) is 6.07 Å². The fraction of sp³-hybridized carbons (Fsp3) is 0.500. The van der Waals surface area contributed by atoms with Crippen molar-refractivity contribution in [1.29, 1.82) is 0 Å². The van der Waals surface area contributed by atoms with Gasteiger partial charge in [-0.05, 0) is 45.1 Å². The molecule has 0 aromatic heterocycles. The highest BCUT2D eigenvalue weighted by atomic mass is 16.1. The molecule has 1 aliphatic heterocycles. The number of hydrogen-bond donors (Lipinski definition) is 2. The first kappa shape index (κ1) is 13.7. The Hall–Kier alpha value is -1.75. The molecule has 1 aromatic rings. The second-order valence-electron chi connectivity index (χ2n) is 5.35. The molecule has 1 unspecified atom stereocenters. The summed E-state index contributed by atoms with van der Waals surface area (Å²) in [5.74, 6) is -0.401. The number of rotatable bonds is 3. The maximum absolute atomic E-state index is 11.5. The maximum atomic E-state index is 11.5. The number of anilines is 2. The predicted octanol–water partition coefficient (Wildman–Crippen LogP) is 0.898. The summed E-state index contributed by atoms with van der Waals surface area (Å²) in [5, 5.41) is 0. The van der Waals surface area contributed by atoms with Crippen LogP contribution in [0.5, 0.6) is 0 Å². The Kier molecular flexibility index (Phi) is 3.95. The smallest absolute Gasteiger partial charge is 0.250 e. The third-order valence-corrected chi connectivity index (χ3v) is 3.75. The number of nitrogen functional groups attached to an aromatic ring is 1. The summed E-state index contributed by atoms with van der Waals surface area (Å²) in [6.07, 6.45) is 2.29. The number of amides is 1. The molecule has 0 spiro atoms. The summed E-state index contributed by atoms with van der Waals surface area (Å²) in [6.45, 7) is 1.84. The second kappa shape index (κ2) is 5.48. The lowest BCUT2D eigenvalue weighted by atomic mass is 10.0. The summed E-state index contributed by atoms with van der Waals surface area (Å²) < 4.78 is 0. The fourth-order valence-corrected chi connectivity index (χ4v) is 2.61. The highest BCUT2D eigenvalue weighted by Gasteiger charge is 2.24. The summed E-state index contributed by atoms with van der Waals surface area (Å²) in [6, 6.07) is 5.78. The highest BCUT2D eigenvalue weighted by Crippen LogP contribution is 2.27. The van der Waals surface area contributed by atoms with Crippen LogP contribution >= 0.6 is 0 Å². The molecule has 4 N–H and O–H groups in total. The van der Waals surface area contributed by atoms with Gasteiger partial charge in [0.15, 0.2) is 0 Å². The van der Waals surface area contributed by atoms with Gasteiger partial charge in [0.25, 0.3) is 5.91 Å². The van der Waals surface area contributed by atoms with Crippen molar-refractivity contribution in [3.05, 3.63) is 23.8 Å². The number of piperidine rings is 1. The van der Waals surface area contributed by atoms with Gasteiger partial charge in [0, 0.05) is 24.8 Å². The first-order valence-corrected chi connectivity index (χ1v) is 6.59. The van der Waals surface area contributed by atoms with Crippen molar-refractivity contribution in [2.24, 2.45) is 5.73 Å². The topological polar surface area (TPSA) is 75.6 Å². The number of benzene rings is 1. The van der Waals surface area contributed by atoms with Gasteiger partial charge in [0.1, 0.15) is 0 Å². The summed E-state index contributed by atoms with van der Waals surface area (Å²) in [7, 11) is 4.17. The number of carbonyl (C=O) groups is 1. The van der Waals surface area contributed by atoms with Crippen molar-refractivity contribution in [1.82, 2.24) is 4.90 Å². The van der Waals surface area contributed by atoms with Gasteiger partial charge in [0.05, 0.1) is 11.3 Å². The van der Waals surface area contributed by atoms with Gasteiger partial charge in [-0.3, -0.25) is 4.79 Å². The van der Waals surface area contributed by atoms with Crippen LogP contribution in [0.3, 0.4) is 0 Å². The Morgan fingerprint density at radius 1 is 1.42 bits per heavy atom. The van der Waals surface area contributed by atoms with Crippen molar-refractivity contribution in [2.75, 3.05) is 37.8 Å². The first-order chi connectivity index (χ1) is 8.99. The zero-order valence-electron chi connectivity index (χ0n) is 11.6. The van der Waals surface area contributed by atoms with Crippen LogP contribution in [0.4, 0.5) is 11.4 Å². The Morgan fingerprint density at radius 3 is 2.79 bits per heavy atom. The first-order valence-electron chi connectivity index (χ1n) is 6.59. The molecule has 0 bridgehead atoms. The van der Waals surface area contributed by atoms with Gasteiger partial charge in [-0.25, -0.2) is 0 Å². The third-order valence-electron chi connectivity index (χ3n) is 3.75. The van der Waals surface area contributed by atoms with E-state index in [1.165, 1.54) is 6.42 Å². The van der Waals surface area contributed by atoms with Crippen LogP contribution < -0.4 is 16.4 Å². The van der Waals surface area contributed by atoms with Crippen molar-refractivity contribution in [2.45, 2.75) is 18.9 Å². The van der Waals surface area contributed by atoms with Crippen LogP contribution in [-0.4, -0.2) is 44.0 Å². The maximum Gasteiger partial charge on any atom is 0.250 e. The molecule has 0 radical (unpaired) electrons. The van der Waals surface area contributed by atoms with Crippen molar-refractivity contribution in [3.63, 3.8) is 0 Å². The van der Waals surface area contributed by atoms with Crippen LogP contribution in [0.25, 0.3) is 0 Å². The largest absolute Gasteiger partial charge is 0.399 e. The molecule has 1 atom stereocenters. The van der Waals surface area contributed by atoms with Gasteiger partial charge in [0.2, 0.25) is 0 Å². The molecule has 5 heteroatoms. The summed E-state index contributed by atoms with van der Waals surface area (Å²) in [4.78, 5) is 16.0. The normalized spacial score (nSPS) is 19.7. The number of nitrogens with zero attached hydrogens (tertiary/aromatic N) is 2. The van der Waals surface area contributed by atoms with Crippen LogP contribution in [0.15, 0.2) is 18.2 Å². The zero-order valence-corrected chi connectivity index (χ0v) is 11.6. The average molecular weight is 262 g/mol. The Morgan fingerprint density at radius 2 is 2.16 bits per heavy atom. The van der Waals surface area contributed by atoms with E-state index in [0.29, 0.717) is 17.3 Å². The highest BCUT2D eigenvalue weighted by molar-refractivity contribution is 5.99. The number of carbonyl (C=O) groups excluding carboxylic acids is 1. The molecular weight excluding hydrogens is 240 g/mol. The molecular formula is C14H22N4O. The average Bonchev–Trinajstić information content (AvgIpc) is 2.38. The van der Waals surface area contributed by atoms with Crippen molar-refractivity contribution < 1.29 is 4.79 Å². The third kappa shape index (κ3) is 2.98. The Balaban J connectivity index is 2.30. The summed E-state index contributed by atoms with van der Waals surface area (Å²) >= 11 is 0. The molecule has 104 valence electrons. The Bertz CT molecular complexity index is 473. The quantitative estimate of drug-likeness (QED) is 0.794. The molecule has 1 aliphatic rings. The lowest BCUT2D eigenvalue weighted by molar-refractivity contribution is 0.100. The molecule has 5 nitrogen and oxygen atoms in total. The van der Waals surface area contributed by atoms with Gasteiger partial charge in [-0.15, -0.1) is 0 Å². The van der Waals surface area contributed by atoms with Crippen molar-refractivity contribution in [3.8, 4) is 0 Å². The van der Waals surface area contributed by atoms with Gasteiger partial charge >= 0.3 is 0 Å². The SMILES string of the molecule is CN(C)C1CCCN(c2cc(N)ccc2C(N)=O)C1. The molecule has 1 amide bonds. The van der Waals surface area contributed by atoms with Crippen molar-refractivity contribution >= 4 is 17.3 Å². The lowest BCUT2D eigenvalue weighted by Crippen LogP contribution is -2.45. The second-order valence-corrected chi connectivity index (χ2v) is 5.35. The Labute approximate surface area is 114 Å². The monoisotopic (exact) mass is 262 g/mol. The molecule has 1 aromatic carbocycles. The van der Waals surface area contributed by atoms with Crippen LogP contribution in [-0.2, 0) is 0 Å². The van der Waals surface area contributed by atoms with Crippen LogP contribution in [0, 0.1) is 0 Å². The van der Waals surface area contributed by atoms with E-state index >= 15 is 0 Å². The fourth-order valence-electron chi connectivity index (χ4n) is 2.61. The van der Waals surface area contributed by atoms with E-state index < -0.39 is 5.91 Å². The minimum absolute atomic E-state index is 0.401. The van der Waals surface area contributed by atoms with Gasteiger partial charge in [-0.2, -0.15) is 0 Å². The number of hydrogen-bond acceptors (Lipinski definition) is 4. The standard InChI is InChI=1S/C14H22N4O/c1-17(2)11-4-3-7-18(9-11)13-8-10(15)5-6-12(13)14(16)19/h5-6,8,11H,3-4,7,9,15H2,1-2H3,(H2,16,19). The van der Waals surface area contributed by atoms with Gasteiger partial charge in [-0.1, -0.05) is 0 Å². The zero-order chi connectivity index (χ0) is 14.0. The van der Waals surface area contributed by atoms with Crippen LogP contribution in [0.2, 0.25) is 0 Å². The minimum Gasteiger partial charge on any atom is -0.399 e. The number of primary amides is 1. The van der Waals surface area contributed by atoms with E-state index in [2.05, 4.69) is 23.9 Å². The molecule has 0 saturated carbocycles. The summed E-state index contributed by atoms with van der Waals surface area (Å²) in [5.41, 5.74) is 13.4. The van der Waals surface area contributed by atoms with E-state index in [1.54, 1.807) is 12.1 Å². The van der Waals surface area contributed by atoms with E-state index in [4.69, 9.17) is 11.5 Å². The predicted molar refractivity (Wildman–Crippen MR) is 78.3 cm³/mol. The van der Waals surface area contributed by atoms with Crippen LogP contribution in [0.1, 0.15) is 23.2 Å². The number of nitrogens with two attached hydrogens (primary N) is 2. The van der Waals surface area contributed by atoms with E-state index in [0.717, 1.165) is 25.2 Å². The van der Waals surface area contributed by atoms with E-state index in [-0.39, 0.29) is 0 Å². The van der Waals surface area contributed by atoms with E-state index in [9.17, 15) is 4.79 Å². The molecule has 19 heavy (non-hydrogen) atoms. The van der Waals surface area contributed by atoms with Gasteiger partial charge < -0.3 is 21.3 Å². The lowest BCUT2D eigenvalue weighted by Gasteiger charge is -2.38. The number of likely N-dealkylation sites (N-methyl/N-ethyl adjacent to an activating group) is 1. The molecule has 1 saturated heterocycles. The molecule has 2 rings (SSSR count). The molecule has 1 fully saturated rings. The molecule has 1 heterocycles.